The molecule has 1 aliphatic rings. The van der Waals surface area contributed by atoms with Crippen LogP contribution in [0.3, 0.4) is 0 Å². The first-order valence-electron chi connectivity index (χ1n) is 5.37. The maximum Gasteiger partial charge on any atom is 0.226 e. The summed E-state index contributed by atoms with van der Waals surface area (Å²) in [6.45, 7) is 8.83. The molecule has 2 atom stereocenters. The number of carbonyl (C=O) groups excluding carboxylic acids is 1. The lowest BCUT2D eigenvalue weighted by Gasteiger charge is -2.20. The van der Waals surface area contributed by atoms with Crippen LogP contribution in [0.1, 0.15) is 40.5 Å². The molecule has 3 heteroatoms. The van der Waals surface area contributed by atoms with Gasteiger partial charge in [-0.05, 0) is 33.6 Å². The zero-order chi connectivity index (χ0) is 10.8. The van der Waals surface area contributed by atoms with Crippen LogP contribution in [0.25, 0.3) is 0 Å². The van der Waals surface area contributed by atoms with Gasteiger partial charge in [0.2, 0.25) is 5.91 Å². The van der Waals surface area contributed by atoms with E-state index in [2.05, 4.69) is 12.2 Å². The van der Waals surface area contributed by atoms with Crippen molar-refractivity contribution in [3.05, 3.63) is 0 Å². The molecular formula is C11H21NO2. The highest BCUT2D eigenvalue weighted by atomic mass is 16.5. The van der Waals surface area contributed by atoms with Crippen LogP contribution in [-0.4, -0.2) is 24.2 Å². The largest absolute Gasteiger partial charge is 0.377 e. The van der Waals surface area contributed by atoms with E-state index in [-0.39, 0.29) is 23.5 Å². The Morgan fingerprint density at radius 1 is 1.50 bits per heavy atom. The standard InChI is InChI=1S/C11H21NO2/c1-5-6-14-9-7-8(9)10(13)12-11(2,3)4/h8-9H,5-7H2,1-4H3,(H,12,13)/t8-,9-/m0/s1. The number of hydrogen-bond donors (Lipinski definition) is 1. The molecule has 0 spiro atoms. The van der Waals surface area contributed by atoms with Crippen molar-refractivity contribution in [2.24, 2.45) is 5.92 Å². The van der Waals surface area contributed by atoms with Gasteiger partial charge in [-0.25, -0.2) is 0 Å². The van der Waals surface area contributed by atoms with E-state index in [1.165, 1.54) is 0 Å². The van der Waals surface area contributed by atoms with Crippen LogP contribution in [-0.2, 0) is 9.53 Å². The van der Waals surface area contributed by atoms with Crippen molar-refractivity contribution in [1.82, 2.24) is 5.32 Å². The predicted octanol–water partition coefficient (Wildman–Crippen LogP) is 1.72. The summed E-state index contributed by atoms with van der Waals surface area (Å²) in [5.41, 5.74) is -0.130. The van der Waals surface area contributed by atoms with E-state index in [0.29, 0.717) is 0 Å². The second kappa shape index (κ2) is 4.30. The highest BCUT2D eigenvalue weighted by Gasteiger charge is 2.44. The Labute approximate surface area is 86.2 Å². The lowest BCUT2D eigenvalue weighted by atomic mass is 10.1. The van der Waals surface area contributed by atoms with E-state index in [9.17, 15) is 4.79 Å². The Morgan fingerprint density at radius 3 is 2.64 bits per heavy atom. The highest BCUT2D eigenvalue weighted by Crippen LogP contribution is 2.34. The molecule has 0 bridgehead atoms. The van der Waals surface area contributed by atoms with Crippen LogP contribution in [0, 0.1) is 5.92 Å². The molecule has 0 unspecified atom stereocenters. The third kappa shape index (κ3) is 3.66. The minimum absolute atomic E-state index is 0.0979. The number of ether oxygens (including phenoxy) is 1. The second-order valence-corrected chi connectivity index (χ2v) is 4.99. The van der Waals surface area contributed by atoms with Gasteiger partial charge in [0.15, 0.2) is 0 Å². The van der Waals surface area contributed by atoms with E-state index >= 15 is 0 Å². The van der Waals surface area contributed by atoms with Crippen molar-refractivity contribution in [3.8, 4) is 0 Å². The normalized spacial score (nSPS) is 26.0. The number of carbonyl (C=O) groups is 1. The molecule has 1 amide bonds. The Hall–Kier alpha value is -0.570. The van der Waals surface area contributed by atoms with Crippen LogP contribution in [0.2, 0.25) is 0 Å². The zero-order valence-electron chi connectivity index (χ0n) is 9.59. The fourth-order valence-electron chi connectivity index (χ4n) is 1.36. The van der Waals surface area contributed by atoms with Crippen molar-refractivity contribution in [3.63, 3.8) is 0 Å². The van der Waals surface area contributed by atoms with E-state index < -0.39 is 0 Å². The summed E-state index contributed by atoms with van der Waals surface area (Å²) < 4.78 is 5.49. The summed E-state index contributed by atoms with van der Waals surface area (Å²) >= 11 is 0. The summed E-state index contributed by atoms with van der Waals surface area (Å²) in [5, 5.41) is 2.97. The minimum atomic E-state index is -0.130. The lowest BCUT2D eigenvalue weighted by molar-refractivity contribution is -0.124. The molecule has 3 nitrogen and oxygen atoms in total. The monoisotopic (exact) mass is 199 g/mol. The van der Waals surface area contributed by atoms with Gasteiger partial charge < -0.3 is 10.1 Å². The zero-order valence-corrected chi connectivity index (χ0v) is 9.59. The van der Waals surface area contributed by atoms with Crippen molar-refractivity contribution in [1.29, 1.82) is 0 Å². The van der Waals surface area contributed by atoms with Crippen molar-refractivity contribution in [2.45, 2.75) is 52.2 Å². The molecule has 1 saturated carbocycles. The van der Waals surface area contributed by atoms with Gasteiger partial charge in [-0.1, -0.05) is 6.92 Å². The number of amides is 1. The summed E-state index contributed by atoms with van der Waals surface area (Å²) in [4.78, 5) is 11.6. The second-order valence-electron chi connectivity index (χ2n) is 4.99. The van der Waals surface area contributed by atoms with Gasteiger partial charge in [0, 0.05) is 12.1 Å². The van der Waals surface area contributed by atoms with E-state index in [1.54, 1.807) is 0 Å². The molecule has 0 heterocycles. The Balaban J connectivity index is 2.22. The first-order chi connectivity index (χ1) is 6.44. The van der Waals surface area contributed by atoms with Gasteiger partial charge in [-0.3, -0.25) is 4.79 Å². The molecule has 1 rings (SSSR count). The molecule has 0 radical (unpaired) electrons. The average Bonchev–Trinajstić information content (AvgIpc) is 2.76. The topological polar surface area (TPSA) is 38.3 Å². The van der Waals surface area contributed by atoms with Gasteiger partial charge >= 0.3 is 0 Å². The molecule has 0 aliphatic heterocycles. The number of rotatable bonds is 4. The molecule has 1 aliphatic carbocycles. The third-order valence-corrected chi connectivity index (χ3v) is 2.10. The van der Waals surface area contributed by atoms with E-state index in [4.69, 9.17) is 4.74 Å². The molecule has 82 valence electrons. The maximum absolute atomic E-state index is 11.6. The van der Waals surface area contributed by atoms with Crippen molar-refractivity contribution in [2.75, 3.05) is 6.61 Å². The molecule has 0 aromatic rings. The SMILES string of the molecule is CCCO[C@H]1C[C@@H]1C(=O)NC(C)(C)C. The smallest absolute Gasteiger partial charge is 0.226 e. The van der Waals surface area contributed by atoms with E-state index in [1.807, 2.05) is 20.8 Å². The van der Waals surface area contributed by atoms with Gasteiger partial charge in [0.1, 0.15) is 0 Å². The van der Waals surface area contributed by atoms with Crippen LogP contribution < -0.4 is 5.32 Å². The number of hydrogen-bond acceptors (Lipinski definition) is 2. The van der Waals surface area contributed by atoms with Crippen LogP contribution in [0.15, 0.2) is 0 Å². The number of nitrogens with one attached hydrogen (secondary N) is 1. The molecule has 14 heavy (non-hydrogen) atoms. The van der Waals surface area contributed by atoms with Crippen LogP contribution >= 0.6 is 0 Å². The van der Waals surface area contributed by atoms with Gasteiger partial charge in [0.05, 0.1) is 12.0 Å². The van der Waals surface area contributed by atoms with Crippen molar-refractivity contribution < 1.29 is 9.53 Å². The van der Waals surface area contributed by atoms with Crippen LogP contribution in [0.5, 0.6) is 0 Å². The molecule has 1 N–H and O–H groups in total. The average molecular weight is 199 g/mol. The summed E-state index contributed by atoms with van der Waals surface area (Å²) in [6, 6.07) is 0. The first-order valence-corrected chi connectivity index (χ1v) is 5.37. The van der Waals surface area contributed by atoms with E-state index in [0.717, 1.165) is 19.4 Å². The molecule has 0 aromatic carbocycles. The third-order valence-electron chi connectivity index (χ3n) is 2.10. The fraction of sp³-hybridized carbons (Fsp3) is 0.909. The fourth-order valence-corrected chi connectivity index (χ4v) is 1.36. The predicted molar refractivity (Wildman–Crippen MR) is 56.0 cm³/mol. The summed E-state index contributed by atoms with van der Waals surface area (Å²) in [6.07, 6.45) is 2.09. The lowest BCUT2D eigenvalue weighted by Crippen LogP contribution is -2.42. The molecule has 1 fully saturated rings. The Kier molecular flexibility index (Phi) is 3.53. The van der Waals surface area contributed by atoms with Crippen molar-refractivity contribution >= 4 is 5.91 Å². The summed E-state index contributed by atoms with van der Waals surface area (Å²) in [5.74, 6) is 0.236. The molecule has 0 aromatic heterocycles. The Bertz CT molecular complexity index is 208. The minimum Gasteiger partial charge on any atom is -0.377 e. The van der Waals surface area contributed by atoms with Gasteiger partial charge in [0.25, 0.3) is 0 Å². The van der Waals surface area contributed by atoms with Crippen LogP contribution in [0.4, 0.5) is 0 Å². The van der Waals surface area contributed by atoms with Gasteiger partial charge in [-0.15, -0.1) is 0 Å². The summed E-state index contributed by atoms with van der Waals surface area (Å²) in [7, 11) is 0. The molecular weight excluding hydrogens is 178 g/mol. The first kappa shape index (κ1) is 11.5. The van der Waals surface area contributed by atoms with Gasteiger partial charge in [-0.2, -0.15) is 0 Å². The molecule has 0 saturated heterocycles. The maximum atomic E-state index is 11.6. The highest BCUT2D eigenvalue weighted by molar-refractivity contribution is 5.82. The quantitative estimate of drug-likeness (QED) is 0.748. The Morgan fingerprint density at radius 2 is 2.14 bits per heavy atom.